The van der Waals surface area contributed by atoms with E-state index in [2.05, 4.69) is 25.9 Å². The number of hydrogen-bond donors (Lipinski definition) is 4. The molecule has 2 aromatic heterocycles. The summed E-state index contributed by atoms with van der Waals surface area (Å²) in [5.74, 6) is -4.36. The third kappa shape index (κ3) is 13.6. The molecule has 0 spiro atoms. The number of hydrogen-bond acceptors (Lipinski definition) is 11. The number of rotatable bonds is 15. The molecule has 80 heavy (non-hydrogen) atoms. The van der Waals surface area contributed by atoms with Crippen LogP contribution in [-0.4, -0.2) is 103 Å². The maximum absolute atomic E-state index is 15.4. The molecule has 0 bridgehead atoms. The van der Waals surface area contributed by atoms with Gasteiger partial charge in [0.15, 0.2) is 5.78 Å². The molecule has 4 N–H and O–H groups in total. The summed E-state index contributed by atoms with van der Waals surface area (Å²) in [7, 11) is 1.73. The van der Waals surface area contributed by atoms with Crippen LogP contribution in [-0.2, 0) is 39.1 Å². The minimum Gasteiger partial charge on any atom is -0.491 e. The lowest BCUT2D eigenvalue weighted by Gasteiger charge is -2.35. The number of imidazole rings is 1. The Morgan fingerprint density at radius 3 is 2.31 bits per heavy atom. The lowest BCUT2D eigenvalue weighted by Crippen LogP contribution is -2.58. The highest BCUT2D eigenvalue weighted by molar-refractivity contribution is 7.13. The van der Waals surface area contributed by atoms with Crippen LogP contribution in [0, 0.1) is 36.8 Å². The van der Waals surface area contributed by atoms with E-state index in [-0.39, 0.29) is 62.4 Å². The fraction of sp³-hybridized carbons (Fsp3) is 0.400. The van der Waals surface area contributed by atoms with Gasteiger partial charge in [0.25, 0.3) is 5.91 Å². The number of aryl methyl sites for hydroxylation is 3. The molecule has 0 unspecified atom stereocenters. The number of amides is 5. The summed E-state index contributed by atoms with van der Waals surface area (Å²) >= 11 is 1.54. The maximum Gasteiger partial charge on any atom is 0.437 e. The lowest BCUT2D eigenvalue weighted by molar-refractivity contribution is -0.144. The number of aliphatic hydroxyl groups is 1. The molecule has 5 amide bonds. The number of nitrogens with one attached hydrogen (secondary N) is 3. The molecule has 17 nitrogen and oxygen atoms in total. The van der Waals surface area contributed by atoms with Crippen molar-refractivity contribution in [1.29, 1.82) is 0 Å². The Labute approximate surface area is 467 Å². The van der Waals surface area contributed by atoms with Crippen molar-refractivity contribution in [2.24, 2.45) is 23.4 Å². The predicted octanol–water partition coefficient (Wildman–Crippen LogP) is 8.32. The number of carbonyl (C=O) groups excluding carboxylic acids is 6. The van der Waals surface area contributed by atoms with Gasteiger partial charge in [-0.25, -0.2) is 18.6 Å². The van der Waals surface area contributed by atoms with Gasteiger partial charge in [-0.05, 0) is 123 Å². The standard InChI is InChI=1S/C60H68F2N8O9S/c1-33-23-41(61)16-17-43(33)44-26-37(29-69-22-21-68(10)57(69)67-58(77)79-60(7,8)9)27-46-50(73)40(31-78-51(44)46)24-36-11-18-47(62)45(25-36)54(74)63-20-19-49(72)66-53(59(4,5)6)56(76)70-30-42(71)28-48(70)55(75)65-34(2)38-12-14-39(15-13-38)52-35(3)64-32-80-52/h11-18,21-23,25-27,32,34,40,42,48,53,71H,19-20,24,28-31H2,1-10H3,(H,63,74)(H,65,75)(H,66,72)/t34-,40-,42+,48-,53+/m0/s1. The second-order valence-corrected chi connectivity index (χ2v) is 23.5. The quantitative estimate of drug-likeness (QED) is 0.0771. The van der Waals surface area contributed by atoms with E-state index in [9.17, 15) is 38.3 Å². The second kappa shape index (κ2) is 23.9. The topological polar surface area (TPSA) is 216 Å². The number of β-amino-alcohol motifs (C(OH)–C–C–N with tert-alkyl or cyclic N) is 1. The van der Waals surface area contributed by atoms with Crippen molar-refractivity contribution in [3.8, 4) is 27.3 Å². The Hall–Kier alpha value is -7.84. The Morgan fingerprint density at radius 2 is 1.64 bits per heavy atom. The molecular weight excluding hydrogens is 1050 g/mol. The average molecular weight is 1120 g/mol. The number of thiazole rings is 1. The van der Waals surface area contributed by atoms with Gasteiger partial charge in [-0.3, -0.25) is 24.0 Å². The highest BCUT2D eigenvalue weighted by Crippen LogP contribution is 2.41. The lowest BCUT2D eigenvalue weighted by atomic mass is 9.85. The zero-order chi connectivity index (χ0) is 58.0. The van der Waals surface area contributed by atoms with Crippen LogP contribution in [0.2, 0.25) is 0 Å². The zero-order valence-electron chi connectivity index (χ0n) is 46.6. The highest BCUT2D eigenvalue weighted by atomic mass is 32.1. The van der Waals surface area contributed by atoms with E-state index in [0.29, 0.717) is 39.2 Å². The summed E-state index contributed by atoms with van der Waals surface area (Å²) in [4.78, 5) is 93.4. The molecule has 20 heteroatoms. The number of ether oxygens (including phenoxy) is 2. The summed E-state index contributed by atoms with van der Waals surface area (Å²) in [6.07, 6.45) is 1.53. The smallest absolute Gasteiger partial charge is 0.437 e. The summed E-state index contributed by atoms with van der Waals surface area (Å²) in [6.45, 7) is 15.8. The van der Waals surface area contributed by atoms with Gasteiger partial charge in [-0.2, -0.15) is 0 Å². The third-order valence-electron chi connectivity index (χ3n) is 14.1. The Bertz CT molecular complexity index is 3430. The average Bonchev–Trinajstić information content (AvgIpc) is 4.15. The number of carbonyl (C=O) groups is 6. The molecule has 6 aromatic rings. The van der Waals surface area contributed by atoms with Gasteiger partial charge >= 0.3 is 6.09 Å². The van der Waals surface area contributed by atoms with Gasteiger partial charge < -0.3 is 44.6 Å². The van der Waals surface area contributed by atoms with Crippen LogP contribution >= 0.6 is 11.3 Å². The molecule has 4 aromatic carbocycles. The van der Waals surface area contributed by atoms with Crippen LogP contribution in [0.3, 0.4) is 0 Å². The summed E-state index contributed by atoms with van der Waals surface area (Å²) in [5.41, 5.74) is 6.14. The molecule has 0 radical (unpaired) electrons. The Kier molecular flexibility index (Phi) is 17.4. The van der Waals surface area contributed by atoms with Crippen molar-refractivity contribution in [3.05, 3.63) is 147 Å². The molecule has 1 saturated heterocycles. The highest BCUT2D eigenvalue weighted by Gasteiger charge is 2.45. The normalized spacial score (nSPS) is 17.3. The van der Waals surface area contributed by atoms with E-state index < -0.39 is 82.5 Å². The minimum absolute atomic E-state index is 0.00886. The van der Waals surface area contributed by atoms with Gasteiger partial charge in [-0.15, -0.1) is 16.3 Å². The van der Waals surface area contributed by atoms with Crippen molar-refractivity contribution in [1.82, 2.24) is 35.0 Å². The first-order valence-corrected chi connectivity index (χ1v) is 27.4. The molecule has 4 heterocycles. The van der Waals surface area contributed by atoms with Crippen LogP contribution < -0.4 is 26.3 Å². The number of benzene rings is 4. The predicted molar refractivity (Wildman–Crippen MR) is 298 cm³/mol. The van der Waals surface area contributed by atoms with E-state index in [0.717, 1.165) is 27.8 Å². The van der Waals surface area contributed by atoms with Crippen LogP contribution in [0.25, 0.3) is 21.6 Å². The molecular formula is C60H68F2N8O9S. The van der Waals surface area contributed by atoms with Crippen molar-refractivity contribution < 1.29 is 52.1 Å². The third-order valence-corrected chi connectivity index (χ3v) is 15.1. The van der Waals surface area contributed by atoms with Gasteiger partial charge in [0.05, 0.1) is 58.4 Å². The van der Waals surface area contributed by atoms with Gasteiger partial charge in [0.1, 0.15) is 35.1 Å². The molecule has 2 aliphatic rings. The molecule has 5 atom stereocenters. The van der Waals surface area contributed by atoms with Gasteiger partial charge in [0.2, 0.25) is 23.3 Å². The maximum atomic E-state index is 15.4. The number of fused-ring (bicyclic) bond motifs is 1. The fourth-order valence-corrected chi connectivity index (χ4v) is 10.8. The first-order chi connectivity index (χ1) is 37.7. The molecule has 8 rings (SSSR count). The first kappa shape index (κ1) is 58.3. The van der Waals surface area contributed by atoms with Crippen molar-refractivity contribution in [3.63, 3.8) is 0 Å². The van der Waals surface area contributed by atoms with E-state index in [4.69, 9.17) is 9.47 Å². The van der Waals surface area contributed by atoms with E-state index >= 15 is 4.39 Å². The Morgan fingerprint density at radius 1 is 0.912 bits per heavy atom. The largest absolute Gasteiger partial charge is 0.491 e. The molecule has 0 aliphatic carbocycles. The molecule has 0 saturated carbocycles. The fourth-order valence-electron chi connectivity index (χ4n) is 10.0. The van der Waals surface area contributed by atoms with Crippen molar-refractivity contribution in [2.45, 2.75) is 118 Å². The van der Waals surface area contributed by atoms with E-state index in [1.165, 1.54) is 29.2 Å². The van der Waals surface area contributed by atoms with Crippen LogP contribution in [0.15, 0.2) is 95.7 Å². The SMILES string of the molecule is Cc1cc(F)ccc1-c1cc(Cn2ccn(C)c2=NC(=O)OC(C)(C)C)cc2c1OC[C@H](Cc1ccc(F)c(C(=O)NCCC(=O)N[C@H](C(=O)N3C[C@H](O)C[C@H]3C(=O)N[C@@H](C)c3ccc(-c4scnc4C)cc3)C(C)(C)C)c1)C2=O. The van der Waals surface area contributed by atoms with E-state index in [1.807, 2.05) is 44.2 Å². The molecule has 422 valence electrons. The number of halogens is 2. The molecule has 1 fully saturated rings. The van der Waals surface area contributed by atoms with Gasteiger partial charge in [0, 0.05) is 50.9 Å². The summed E-state index contributed by atoms with van der Waals surface area (Å²) in [5, 5.41) is 19.1. The number of likely N-dealkylation sites (tertiary alicyclic amines) is 1. The van der Waals surface area contributed by atoms with Crippen LogP contribution in [0.5, 0.6) is 5.75 Å². The number of ketones is 1. The number of aromatic nitrogens is 3. The second-order valence-electron chi connectivity index (χ2n) is 22.7. The number of Topliss-reactive ketones (excluding diaryl/α,β-unsaturated/α-hetero) is 1. The minimum atomic E-state index is -1.12. The van der Waals surface area contributed by atoms with Crippen molar-refractivity contribution >= 4 is 46.8 Å². The summed E-state index contributed by atoms with van der Waals surface area (Å²) in [6, 6.07) is 17.1. The van der Waals surface area contributed by atoms with Gasteiger partial charge in [-0.1, -0.05) is 57.2 Å². The van der Waals surface area contributed by atoms with E-state index in [1.54, 1.807) is 106 Å². The first-order valence-electron chi connectivity index (χ1n) is 26.5. The molecule has 2 aliphatic heterocycles. The Balaban J connectivity index is 0.913. The number of nitrogens with zero attached hydrogens (tertiary/aromatic N) is 5. The van der Waals surface area contributed by atoms with Crippen LogP contribution in [0.4, 0.5) is 13.6 Å². The zero-order valence-corrected chi connectivity index (χ0v) is 47.4. The summed E-state index contributed by atoms with van der Waals surface area (Å²) < 4.78 is 45.0. The monoisotopic (exact) mass is 1110 g/mol. The number of aliphatic hydroxyl groups excluding tert-OH is 1. The van der Waals surface area contributed by atoms with Crippen molar-refractivity contribution in [2.75, 3.05) is 19.7 Å². The van der Waals surface area contributed by atoms with Crippen LogP contribution in [0.1, 0.15) is 116 Å².